The fourth-order valence-electron chi connectivity index (χ4n) is 6.95. The molecule has 2 atom stereocenters. The molecule has 0 radical (unpaired) electrons. The molecule has 5 aromatic rings. The molecule has 0 bridgehead atoms. The molecule has 4 aromatic carbocycles. The third-order valence-electron chi connectivity index (χ3n) is 10.1. The van der Waals surface area contributed by atoms with Gasteiger partial charge in [0.1, 0.15) is 28.7 Å². The number of aromatic nitrogens is 1. The minimum Gasteiger partial charge on any atom is -0.368 e. The summed E-state index contributed by atoms with van der Waals surface area (Å²) in [4.78, 5) is 17.2. The Bertz CT molecular complexity index is 2250. The van der Waals surface area contributed by atoms with E-state index in [9.17, 15) is 23.1 Å². The van der Waals surface area contributed by atoms with Crippen LogP contribution in [0.25, 0.3) is 22.4 Å². The van der Waals surface area contributed by atoms with Gasteiger partial charge in [-0.05, 0) is 134 Å². The Morgan fingerprint density at radius 3 is 2.11 bits per heavy atom. The maximum atomic E-state index is 13.8. The summed E-state index contributed by atoms with van der Waals surface area (Å²) in [6.45, 7) is 7.58. The molecule has 1 aliphatic heterocycles. The number of anilines is 3. The molecule has 13 heteroatoms. The van der Waals surface area contributed by atoms with Gasteiger partial charge in [0, 0.05) is 72.5 Å². The van der Waals surface area contributed by atoms with Gasteiger partial charge >= 0.3 is 0 Å². The van der Waals surface area contributed by atoms with Crippen molar-refractivity contribution in [1.29, 1.82) is 0 Å². The molecule has 2 N–H and O–H groups in total. The fraction of sp³-hybridized carbons (Fsp3) is 0.220. The van der Waals surface area contributed by atoms with Gasteiger partial charge in [-0.3, -0.25) is 10.1 Å². The number of benzene rings is 4. The third-order valence-corrected chi connectivity index (χ3v) is 12.1. The monoisotopic (exact) mass is 766 g/mol. The molecule has 2 aliphatic rings. The summed E-state index contributed by atoms with van der Waals surface area (Å²) in [5, 5.41) is 11.9. The number of halogens is 2. The van der Waals surface area contributed by atoms with E-state index in [0.717, 1.165) is 64.8 Å². The first-order valence-corrected chi connectivity index (χ1v) is 19.6. The van der Waals surface area contributed by atoms with Crippen molar-refractivity contribution in [3.8, 4) is 22.4 Å². The first kappa shape index (κ1) is 37.1. The van der Waals surface area contributed by atoms with Gasteiger partial charge in [-0.2, -0.15) is 0 Å². The molecular weight excluding hydrogens is 727 g/mol. The van der Waals surface area contributed by atoms with Crippen LogP contribution in [0.4, 0.5) is 25.8 Å². The second-order valence-electron chi connectivity index (χ2n) is 13.3. The van der Waals surface area contributed by atoms with E-state index in [1.54, 1.807) is 18.2 Å². The number of nitro groups is 1. The van der Waals surface area contributed by atoms with Crippen molar-refractivity contribution >= 4 is 40.0 Å². The Balaban J connectivity index is 0.965. The normalized spacial score (nSPS) is 16.5. The lowest BCUT2D eigenvalue weighted by Crippen LogP contribution is -2.46. The maximum absolute atomic E-state index is 13.8. The van der Waals surface area contributed by atoms with Crippen molar-refractivity contribution in [2.45, 2.75) is 31.2 Å². The lowest BCUT2D eigenvalue weighted by Gasteiger charge is -2.37. The summed E-state index contributed by atoms with van der Waals surface area (Å²) >= 11 is 1.18. The second kappa shape index (κ2) is 16.0. The molecule has 0 amide bonds. The standard InChI is InChI=1S/C41H40F2N6O3S2/c1-27-28(2)46(3)41(29-7-9-31(42)10-8-29)40(27)30-5-4-6-35(25-30)48-23-21-47(22-24-48)34-15-13-33(14-16-34)45-54(52)37-19-20-38(39(26-37)49(50)51)44-53-36-17-11-32(43)12-18-36/h4-19,25-26,38,44-45H,20-24H2,1-3H3. The minimum atomic E-state index is -1.70. The van der Waals surface area contributed by atoms with Crippen LogP contribution in [-0.4, -0.2) is 45.9 Å². The van der Waals surface area contributed by atoms with Gasteiger partial charge in [-0.15, -0.1) is 0 Å². The number of rotatable bonds is 11. The molecule has 1 aromatic heterocycles. The summed E-state index contributed by atoms with van der Waals surface area (Å²) in [5.74, 6) is -0.608. The van der Waals surface area contributed by atoms with Crippen molar-refractivity contribution in [1.82, 2.24) is 9.29 Å². The van der Waals surface area contributed by atoms with Crippen LogP contribution in [0.15, 0.2) is 125 Å². The van der Waals surface area contributed by atoms with Crippen LogP contribution in [-0.2, 0) is 18.0 Å². The van der Waals surface area contributed by atoms with E-state index in [0.29, 0.717) is 10.6 Å². The van der Waals surface area contributed by atoms with Crippen molar-refractivity contribution in [2.75, 3.05) is 40.7 Å². The number of nitrogens with one attached hydrogen (secondary N) is 2. The van der Waals surface area contributed by atoms with E-state index in [2.05, 4.69) is 69.0 Å². The smallest absolute Gasteiger partial charge is 0.265 e. The number of allylic oxidation sites excluding steroid dienone is 1. The van der Waals surface area contributed by atoms with Gasteiger partial charge in [0.15, 0.2) is 0 Å². The summed E-state index contributed by atoms with van der Waals surface area (Å²) in [6, 6.07) is 28.3. The van der Waals surface area contributed by atoms with E-state index in [1.165, 1.54) is 53.5 Å². The first-order valence-electron chi connectivity index (χ1n) is 17.6. The van der Waals surface area contributed by atoms with Gasteiger partial charge in [-0.1, -0.05) is 18.2 Å². The zero-order valence-corrected chi connectivity index (χ0v) is 31.7. The highest BCUT2D eigenvalue weighted by molar-refractivity contribution is 7.97. The van der Waals surface area contributed by atoms with Crippen LogP contribution in [0.3, 0.4) is 0 Å². The summed E-state index contributed by atoms with van der Waals surface area (Å²) < 4.78 is 48.5. The zero-order valence-electron chi connectivity index (χ0n) is 30.1. The van der Waals surface area contributed by atoms with Crippen molar-refractivity contribution in [2.24, 2.45) is 7.05 Å². The molecule has 2 unspecified atom stereocenters. The molecule has 54 heavy (non-hydrogen) atoms. The largest absolute Gasteiger partial charge is 0.368 e. The van der Waals surface area contributed by atoms with Gasteiger partial charge in [0.25, 0.3) is 5.70 Å². The lowest BCUT2D eigenvalue weighted by molar-refractivity contribution is -0.430. The van der Waals surface area contributed by atoms with Crippen LogP contribution in [0.2, 0.25) is 0 Å². The quantitative estimate of drug-likeness (QED) is 0.0789. The van der Waals surface area contributed by atoms with Crippen LogP contribution < -0.4 is 19.2 Å². The minimum absolute atomic E-state index is 0.0847. The van der Waals surface area contributed by atoms with E-state index in [1.807, 2.05) is 36.4 Å². The average molecular weight is 767 g/mol. The van der Waals surface area contributed by atoms with Crippen LogP contribution in [0.5, 0.6) is 0 Å². The van der Waals surface area contributed by atoms with E-state index < -0.39 is 22.0 Å². The summed E-state index contributed by atoms with van der Waals surface area (Å²) in [5.41, 5.74) is 9.47. The van der Waals surface area contributed by atoms with Crippen molar-refractivity contribution in [3.63, 3.8) is 0 Å². The summed E-state index contributed by atoms with van der Waals surface area (Å²) in [6.07, 6.45) is 3.36. The molecule has 1 aliphatic carbocycles. The molecule has 7 rings (SSSR count). The second-order valence-corrected chi connectivity index (χ2v) is 15.5. The van der Waals surface area contributed by atoms with Crippen LogP contribution >= 0.6 is 11.9 Å². The zero-order chi connectivity index (χ0) is 37.9. The number of hydrogen-bond donors (Lipinski definition) is 2. The molecule has 0 saturated carbocycles. The Morgan fingerprint density at radius 2 is 1.46 bits per heavy atom. The van der Waals surface area contributed by atoms with Crippen LogP contribution in [0.1, 0.15) is 17.7 Å². The molecule has 1 fully saturated rings. The Labute approximate surface area is 320 Å². The number of nitrogens with zero attached hydrogens (tertiary/aromatic N) is 4. The highest BCUT2D eigenvalue weighted by atomic mass is 32.2. The van der Waals surface area contributed by atoms with E-state index >= 15 is 0 Å². The van der Waals surface area contributed by atoms with Gasteiger partial charge in [0.05, 0.1) is 15.5 Å². The van der Waals surface area contributed by atoms with Crippen molar-refractivity contribution in [3.05, 3.63) is 153 Å². The average Bonchev–Trinajstić information content (AvgIpc) is 3.42. The lowest BCUT2D eigenvalue weighted by atomic mass is 9.97. The fourth-order valence-corrected chi connectivity index (χ4v) is 8.66. The highest BCUT2D eigenvalue weighted by Crippen LogP contribution is 2.39. The highest BCUT2D eigenvalue weighted by Gasteiger charge is 2.29. The molecule has 0 spiro atoms. The van der Waals surface area contributed by atoms with E-state index in [-0.39, 0.29) is 23.8 Å². The van der Waals surface area contributed by atoms with E-state index in [4.69, 9.17) is 0 Å². The molecule has 1 saturated heterocycles. The Hall–Kier alpha value is -5.24. The summed E-state index contributed by atoms with van der Waals surface area (Å²) in [7, 11) is 0.355. The third kappa shape index (κ3) is 7.98. The van der Waals surface area contributed by atoms with Crippen LogP contribution in [0, 0.1) is 35.6 Å². The van der Waals surface area contributed by atoms with Gasteiger partial charge < -0.3 is 19.1 Å². The number of piperazine rings is 1. The van der Waals surface area contributed by atoms with Crippen molar-refractivity contribution < 1.29 is 17.9 Å². The molecule has 2 heterocycles. The topological polar surface area (TPSA) is 95.7 Å². The van der Waals surface area contributed by atoms with Gasteiger partial charge in [0.2, 0.25) is 0 Å². The molecule has 9 nitrogen and oxygen atoms in total. The first-order chi connectivity index (χ1) is 26.0. The molecule has 278 valence electrons. The maximum Gasteiger partial charge on any atom is 0.265 e. The number of hydrogen-bond acceptors (Lipinski definition) is 7. The Kier molecular flexibility index (Phi) is 11.0. The molecular formula is C41H40F2N6O3S2. The van der Waals surface area contributed by atoms with Gasteiger partial charge in [-0.25, -0.2) is 17.7 Å². The predicted molar refractivity (Wildman–Crippen MR) is 215 cm³/mol. The SMILES string of the molecule is Cc1c(-c2cccc(N3CCN(c4ccc(NS(=O)C5=CCC(NSc6ccc(F)cc6)C([N+](=O)[O-])=C5)cc4)CC3)c2)c(-c2ccc(F)cc2)n(C)c1C. The predicted octanol–water partition coefficient (Wildman–Crippen LogP) is 8.77. The Morgan fingerprint density at radius 1 is 0.833 bits per heavy atom.